The molecule has 8 nitrogen and oxygen atoms in total. The van der Waals surface area contributed by atoms with Crippen LogP contribution in [0.2, 0.25) is 0 Å². The van der Waals surface area contributed by atoms with E-state index in [1.165, 1.54) is 5.56 Å². The van der Waals surface area contributed by atoms with E-state index in [0.717, 1.165) is 35.7 Å². The molecule has 0 spiro atoms. The maximum Gasteiger partial charge on any atom is 0.217 e. The number of morpholine rings is 1. The van der Waals surface area contributed by atoms with Gasteiger partial charge in [-0.05, 0) is 30.2 Å². The number of nitrogens with zero attached hydrogens (tertiary/aromatic N) is 3. The summed E-state index contributed by atoms with van der Waals surface area (Å²) in [6, 6.07) is 18.1. The molecule has 0 unspecified atom stereocenters. The second-order valence-electron chi connectivity index (χ2n) is 8.50. The third-order valence-corrected chi connectivity index (χ3v) is 5.87. The summed E-state index contributed by atoms with van der Waals surface area (Å²) in [6.07, 6.45) is 2.60. The molecule has 4 rings (SSSR count). The highest BCUT2D eigenvalue weighted by molar-refractivity contribution is 5.79. The Morgan fingerprint density at radius 1 is 1.03 bits per heavy atom. The van der Waals surface area contributed by atoms with Crippen LogP contribution < -0.4 is 24.4 Å². The van der Waals surface area contributed by atoms with E-state index in [9.17, 15) is 0 Å². The molecule has 8 heteroatoms. The zero-order valence-electron chi connectivity index (χ0n) is 21.2. The zero-order chi connectivity index (χ0) is 25.2. The molecule has 0 atom stereocenters. The molecule has 0 bridgehead atoms. The van der Waals surface area contributed by atoms with Crippen LogP contribution in [0.15, 0.2) is 59.6 Å². The lowest BCUT2D eigenvalue weighted by atomic mass is 10.1. The first kappa shape index (κ1) is 25.3. The molecule has 0 radical (unpaired) electrons. The van der Waals surface area contributed by atoms with Gasteiger partial charge in [0.1, 0.15) is 12.5 Å². The Morgan fingerprint density at radius 2 is 1.86 bits per heavy atom. The van der Waals surface area contributed by atoms with Crippen molar-refractivity contribution in [3.63, 3.8) is 0 Å². The molecule has 190 valence electrons. The number of hydrogen-bond donors (Lipinski definition) is 1. The van der Waals surface area contributed by atoms with Crippen molar-refractivity contribution in [1.29, 1.82) is 0 Å². The van der Waals surface area contributed by atoms with Gasteiger partial charge in [0.15, 0.2) is 11.5 Å². The Morgan fingerprint density at radius 3 is 2.64 bits per heavy atom. The van der Waals surface area contributed by atoms with Gasteiger partial charge in [-0.25, -0.2) is 0 Å². The van der Waals surface area contributed by atoms with E-state index in [4.69, 9.17) is 23.9 Å². The van der Waals surface area contributed by atoms with Crippen molar-refractivity contribution in [2.24, 2.45) is 4.99 Å². The summed E-state index contributed by atoms with van der Waals surface area (Å²) >= 11 is 0. The molecule has 0 saturated carbocycles. The van der Waals surface area contributed by atoms with E-state index in [1.54, 1.807) is 14.2 Å². The lowest BCUT2D eigenvalue weighted by Gasteiger charge is -2.28. The van der Waals surface area contributed by atoms with Crippen LogP contribution in [-0.2, 0) is 11.2 Å². The number of aromatic nitrogens is 1. The van der Waals surface area contributed by atoms with Crippen LogP contribution in [-0.4, -0.2) is 65.0 Å². The van der Waals surface area contributed by atoms with E-state index in [-0.39, 0.29) is 0 Å². The summed E-state index contributed by atoms with van der Waals surface area (Å²) in [7, 11) is 3.27. The van der Waals surface area contributed by atoms with Crippen LogP contribution in [0.5, 0.6) is 17.4 Å². The van der Waals surface area contributed by atoms with E-state index < -0.39 is 0 Å². The highest BCUT2D eigenvalue weighted by atomic mass is 16.5. The molecule has 2 aromatic carbocycles. The standard InChI is InChI=1S/C28H34N4O4/c1-21-5-4-6-23(15-21)19-29-20-30-24-17-27(32-10-13-35-14-11-32)31-28(18-24)36-12-9-22-7-8-25(33-2)26(16-22)34-3/h4-8,15-19H,9-14,20H2,1-3H3,(H,30,31)/b29-19+. The van der Waals surface area contributed by atoms with E-state index in [0.29, 0.717) is 50.3 Å². The molecule has 3 aromatic rings. The van der Waals surface area contributed by atoms with Crippen molar-refractivity contribution in [2.45, 2.75) is 13.3 Å². The highest BCUT2D eigenvalue weighted by Gasteiger charge is 2.15. The molecule has 1 aromatic heterocycles. The number of hydrogen-bond acceptors (Lipinski definition) is 8. The Bertz CT molecular complexity index is 1160. The first-order chi connectivity index (χ1) is 17.6. The van der Waals surface area contributed by atoms with Gasteiger partial charge < -0.3 is 29.2 Å². The van der Waals surface area contributed by atoms with Gasteiger partial charge in [0.25, 0.3) is 0 Å². The van der Waals surface area contributed by atoms with Gasteiger partial charge >= 0.3 is 0 Å². The average Bonchev–Trinajstić information content (AvgIpc) is 2.91. The molecule has 1 N–H and O–H groups in total. The number of aliphatic imine (C=N–C) groups is 1. The first-order valence-electron chi connectivity index (χ1n) is 12.1. The SMILES string of the molecule is COc1ccc(CCOc2cc(NC/N=C/c3cccc(C)c3)cc(N3CCOCC3)n2)cc1OC. The van der Waals surface area contributed by atoms with Crippen molar-refractivity contribution in [3.05, 3.63) is 71.3 Å². The summed E-state index contributed by atoms with van der Waals surface area (Å²) in [5.74, 6) is 2.86. The topological polar surface area (TPSA) is 77.4 Å². The Labute approximate surface area is 212 Å². The summed E-state index contributed by atoms with van der Waals surface area (Å²) in [5, 5.41) is 3.38. The van der Waals surface area contributed by atoms with Gasteiger partial charge in [0.2, 0.25) is 5.88 Å². The molecule has 1 aliphatic heterocycles. The summed E-state index contributed by atoms with van der Waals surface area (Å²) in [6.45, 7) is 5.99. The molecule has 2 heterocycles. The maximum absolute atomic E-state index is 6.08. The molecule has 1 fully saturated rings. The zero-order valence-corrected chi connectivity index (χ0v) is 21.2. The minimum absolute atomic E-state index is 0.450. The maximum atomic E-state index is 6.08. The fourth-order valence-corrected chi connectivity index (χ4v) is 3.97. The number of rotatable bonds is 11. The summed E-state index contributed by atoms with van der Waals surface area (Å²) in [4.78, 5) is 11.5. The number of aryl methyl sites for hydroxylation is 1. The fourth-order valence-electron chi connectivity index (χ4n) is 3.97. The largest absolute Gasteiger partial charge is 0.493 e. The monoisotopic (exact) mass is 490 g/mol. The number of ether oxygens (including phenoxy) is 4. The van der Waals surface area contributed by atoms with Crippen molar-refractivity contribution >= 4 is 17.7 Å². The second kappa shape index (κ2) is 12.8. The van der Waals surface area contributed by atoms with Crippen LogP contribution in [0.25, 0.3) is 0 Å². The quantitative estimate of drug-likeness (QED) is 0.400. The van der Waals surface area contributed by atoms with Crippen molar-refractivity contribution in [2.75, 3.05) is 64.0 Å². The predicted octanol–water partition coefficient (Wildman–Crippen LogP) is 4.35. The Hall–Kier alpha value is -3.78. The normalized spacial score (nSPS) is 13.6. The lowest BCUT2D eigenvalue weighted by molar-refractivity contribution is 0.122. The van der Waals surface area contributed by atoms with Gasteiger partial charge in [0, 0.05) is 43.5 Å². The molecular weight excluding hydrogens is 456 g/mol. The number of pyridine rings is 1. The van der Waals surface area contributed by atoms with E-state index >= 15 is 0 Å². The van der Waals surface area contributed by atoms with Gasteiger partial charge in [0.05, 0.1) is 34.0 Å². The molecule has 1 saturated heterocycles. The minimum atomic E-state index is 0.450. The van der Waals surface area contributed by atoms with Gasteiger partial charge in [-0.15, -0.1) is 0 Å². The van der Waals surface area contributed by atoms with Crippen LogP contribution in [0, 0.1) is 6.92 Å². The van der Waals surface area contributed by atoms with E-state index in [2.05, 4.69) is 34.3 Å². The minimum Gasteiger partial charge on any atom is -0.493 e. The molecule has 0 aliphatic carbocycles. The van der Waals surface area contributed by atoms with Gasteiger partial charge in [-0.1, -0.05) is 35.9 Å². The van der Waals surface area contributed by atoms with Crippen LogP contribution in [0.1, 0.15) is 16.7 Å². The summed E-state index contributed by atoms with van der Waals surface area (Å²) in [5.41, 5.74) is 4.31. The number of benzene rings is 2. The second-order valence-corrected chi connectivity index (χ2v) is 8.50. The van der Waals surface area contributed by atoms with Crippen LogP contribution >= 0.6 is 0 Å². The lowest BCUT2D eigenvalue weighted by Crippen LogP contribution is -2.36. The summed E-state index contributed by atoms with van der Waals surface area (Å²) < 4.78 is 22.3. The molecular formula is C28H34N4O4. The Balaban J connectivity index is 1.42. The molecule has 36 heavy (non-hydrogen) atoms. The third kappa shape index (κ3) is 7.11. The van der Waals surface area contributed by atoms with Crippen molar-refractivity contribution in [1.82, 2.24) is 4.98 Å². The number of anilines is 2. The molecule has 1 aliphatic rings. The predicted molar refractivity (Wildman–Crippen MR) is 143 cm³/mol. The molecule has 0 amide bonds. The van der Waals surface area contributed by atoms with E-state index in [1.807, 2.05) is 48.7 Å². The Kier molecular flexibility index (Phi) is 8.99. The smallest absolute Gasteiger partial charge is 0.217 e. The average molecular weight is 491 g/mol. The fraction of sp³-hybridized carbons (Fsp3) is 0.357. The van der Waals surface area contributed by atoms with Crippen molar-refractivity contribution < 1.29 is 18.9 Å². The highest BCUT2D eigenvalue weighted by Crippen LogP contribution is 2.28. The van der Waals surface area contributed by atoms with Crippen LogP contribution in [0.4, 0.5) is 11.5 Å². The number of nitrogens with one attached hydrogen (secondary N) is 1. The van der Waals surface area contributed by atoms with Crippen LogP contribution in [0.3, 0.4) is 0 Å². The van der Waals surface area contributed by atoms with Gasteiger partial charge in [-0.3, -0.25) is 4.99 Å². The van der Waals surface area contributed by atoms with Gasteiger partial charge in [-0.2, -0.15) is 4.98 Å². The number of methoxy groups -OCH3 is 2. The first-order valence-corrected chi connectivity index (χ1v) is 12.1. The third-order valence-electron chi connectivity index (χ3n) is 5.87. The van der Waals surface area contributed by atoms with Crippen molar-refractivity contribution in [3.8, 4) is 17.4 Å².